The minimum atomic E-state index is 0.604. The zero-order valence-electron chi connectivity index (χ0n) is 12.4. The van der Waals surface area contributed by atoms with Gasteiger partial charge in [0.1, 0.15) is 17.4 Å². The van der Waals surface area contributed by atoms with Gasteiger partial charge in [0.05, 0.1) is 0 Å². The molecule has 0 bridgehead atoms. The largest absolute Gasteiger partial charge is 0.372 e. The van der Waals surface area contributed by atoms with Crippen molar-refractivity contribution in [3.63, 3.8) is 0 Å². The normalized spacial score (nSPS) is 18.2. The summed E-state index contributed by atoms with van der Waals surface area (Å²) in [7, 11) is 0. The van der Waals surface area contributed by atoms with Crippen molar-refractivity contribution in [3.8, 4) is 10.6 Å². The van der Waals surface area contributed by atoms with E-state index in [4.69, 9.17) is 0 Å². The molecule has 0 amide bonds. The number of hydrazine groups is 1. The second-order valence-electron chi connectivity index (χ2n) is 5.60. The number of piperidine rings is 1. The average molecular weight is 313 g/mol. The van der Waals surface area contributed by atoms with Crippen molar-refractivity contribution in [2.24, 2.45) is 4.99 Å². The molecule has 1 aromatic carbocycles. The van der Waals surface area contributed by atoms with E-state index in [1.165, 1.54) is 43.6 Å². The molecule has 6 heteroatoms. The van der Waals surface area contributed by atoms with E-state index in [2.05, 4.69) is 50.0 Å². The standard InChI is InChI=1S/C16H19N5S/c1-2-8-21(9-3-1)13-6-4-12(5-7-13)16-19-14(10-22-16)15-17-11-18-20-15/h4-7,10,18H,1-3,8-9,11H2,(H,17,20). The number of anilines is 1. The predicted molar refractivity (Wildman–Crippen MR) is 91.3 cm³/mol. The summed E-state index contributed by atoms with van der Waals surface area (Å²) in [5, 5.41) is 3.09. The highest BCUT2D eigenvalue weighted by Gasteiger charge is 2.14. The third kappa shape index (κ3) is 2.71. The molecule has 2 N–H and O–H groups in total. The molecule has 1 aromatic heterocycles. The molecular formula is C16H19N5S. The predicted octanol–water partition coefficient (Wildman–Crippen LogP) is 2.61. The van der Waals surface area contributed by atoms with Crippen molar-refractivity contribution in [1.82, 2.24) is 15.8 Å². The number of amidine groups is 1. The highest BCUT2D eigenvalue weighted by atomic mass is 32.1. The van der Waals surface area contributed by atoms with Gasteiger partial charge in [-0.25, -0.2) is 15.4 Å². The molecule has 4 rings (SSSR count). The van der Waals surface area contributed by atoms with Gasteiger partial charge in [-0.05, 0) is 43.5 Å². The zero-order chi connectivity index (χ0) is 14.8. The first-order chi connectivity index (χ1) is 10.9. The van der Waals surface area contributed by atoms with Crippen molar-refractivity contribution in [3.05, 3.63) is 35.3 Å². The number of nitrogens with zero attached hydrogens (tertiary/aromatic N) is 3. The SMILES string of the molecule is c1cc(N2CCCCC2)ccc1-c1nc(C2=NCNN2)cs1. The molecule has 2 aliphatic heterocycles. The van der Waals surface area contributed by atoms with Crippen LogP contribution in [0.4, 0.5) is 5.69 Å². The summed E-state index contributed by atoms with van der Waals surface area (Å²) in [5.41, 5.74) is 9.40. The summed E-state index contributed by atoms with van der Waals surface area (Å²) in [6.45, 7) is 2.96. The van der Waals surface area contributed by atoms with Crippen LogP contribution in [0.15, 0.2) is 34.6 Å². The molecule has 2 aliphatic rings. The summed E-state index contributed by atoms with van der Waals surface area (Å²) in [4.78, 5) is 11.5. The first-order valence-electron chi connectivity index (χ1n) is 7.75. The van der Waals surface area contributed by atoms with Crippen LogP contribution in [0.25, 0.3) is 10.6 Å². The molecule has 0 aliphatic carbocycles. The lowest BCUT2D eigenvalue weighted by atomic mass is 10.1. The quantitative estimate of drug-likeness (QED) is 0.914. The van der Waals surface area contributed by atoms with Crippen LogP contribution in [-0.4, -0.2) is 30.6 Å². The van der Waals surface area contributed by atoms with Gasteiger partial charge < -0.3 is 10.3 Å². The Kier molecular flexibility index (Phi) is 3.78. The van der Waals surface area contributed by atoms with Crippen LogP contribution in [0.5, 0.6) is 0 Å². The molecule has 0 saturated carbocycles. The number of aliphatic imine (C=N–C) groups is 1. The number of hydrogen-bond donors (Lipinski definition) is 2. The summed E-state index contributed by atoms with van der Waals surface area (Å²) in [6.07, 6.45) is 3.98. The van der Waals surface area contributed by atoms with Crippen molar-refractivity contribution in [1.29, 1.82) is 0 Å². The second-order valence-corrected chi connectivity index (χ2v) is 6.46. The Morgan fingerprint density at radius 2 is 1.86 bits per heavy atom. The van der Waals surface area contributed by atoms with E-state index in [9.17, 15) is 0 Å². The Bertz CT molecular complexity index is 670. The van der Waals surface area contributed by atoms with Gasteiger partial charge in [0, 0.05) is 29.7 Å². The molecule has 0 unspecified atom stereocenters. The fourth-order valence-electron chi connectivity index (χ4n) is 2.91. The van der Waals surface area contributed by atoms with Gasteiger partial charge in [-0.15, -0.1) is 11.3 Å². The summed E-state index contributed by atoms with van der Waals surface area (Å²) < 4.78 is 0. The van der Waals surface area contributed by atoms with Crippen molar-refractivity contribution < 1.29 is 0 Å². The Hall–Kier alpha value is -1.92. The zero-order valence-corrected chi connectivity index (χ0v) is 13.2. The van der Waals surface area contributed by atoms with Crippen LogP contribution in [0.1, 0.15) is 25.0 Å². The van der Waals surface area contributed by atoms with Crippen molar-refractivity contribution in [2.45, 2.75) is 19.3 Å². The van der Waals surface area contributed by atoms with Crippen LogP contribution < -0.4 is 15.8 Å². The van der Waals surface area contributed by atoms with E-state index >= 15 is 0 Å². The number of benzene rings is 1. The van der Waals surface area contributed by atoms with Gasteiger partial charge in [0.2, 0.25) is 0 Å². The highest BCUT2D eigenvalue weighted by Crippen LogP contribution is 2.27. The topological polar surface area (TPSA) is 52.6 Å². The monoisotopic (exact) mass is 313 g/mol. The maximum Gasteiger partial charge on any atom is 0.164 e. The van der Waals surface area contributed by atoms with Crippen LogP contribution in [0.2, 0.25) is 0 Å². The van der Waals surface area contributed by atoms with Crippen LogP contribution in [0, 0.1) is 0 Å². The van der Waals surface area contributed by atoms with Gasteiger partial charge in [-0.2, -0.15) is 0 Å². The molecule has 0 radical (unpaired) electrons. The maximum absolute atomic E-state index is 4.68. The van der Waals surface area contributed by atoms with Crippen molar-refractivity contribution in [2.75, 3.05) is 24.7 Å². The summed E-state index contributed by atoms with van der Waals surface area (Å²) >= 11 is 1.66. The number of nitrogens with one attached hydrogen (secondary N) is 2. The van der Waals surface area contributed by atoms with Gasteiger partial charge in [-0.3, -0.25) is 0 Å². The number of rotatable bonds is 3. The molecule has 0 spiro atoms. The fraction of sp³-hybridized carbons (Fsp3) is 0.375. The van der Waals surface area contributed by atoms with E-state index in [-0.39, 0.29) is 0 Å². The molecule has 0 atom stereocenters. The van der Waals surface area contributed by atoms with Gasteiger partial charge in [0.15, 0.2) is 5.84 Å². The third-order valence-corrected chi connectivity index (χ3v) is 5.00. The smallest absolute Gasteiger partial charge is 0.164 e. The lowest BCUT2D eigenvalue weighted by molar-refractivity contribution is 0.578. The Morgan fingerprint density at radius 3 is 2.59 bits per heavy atom. The van der Waals surface area contributed by atoms with Crippen LogP contribution in [-0.2, 0) is 0 Å². The van der Waals surface area contributed by atoms with E-state index < -0.39 is 0 Å². The fourth-order valence-corrected chi connectivity index (χ4v) is 3.72. The summed E-state index contributed by atoms with van der Waals surface area (Å²) in [6, 6.07) is 8.78. The molecule has 1 saturated heterocycles. The van der Waals surface area contributed by atoms with Gasteiger partial charge in [0.25, 0.3) is 0 Å². The number of thiazole rings is 1. The molecule has 5 nitrogen and oxygen atoms in total. The molecule has 2 aromatic rings. The maximum atomic E-state index is 4.68. The van der Waals surface area contributed by atoms with Crippen LogP contribution >= 0.6 is 11.3 Å². The number of aromatic nitrogens is 1. The first kappa shape index (κ1) is 13.7. The lowest BCUT2D eigenvalue weighted by Gasteiger charge is -2.28. The molecule has 114 valence electrons. The summed E-state index contributed by atoms with van der Waals surface area (Å²) in [5.74, 6) is 0.826. The first-order valence-corrected chi connectivity index (χ1v) is 8.63. The average Bonchev–Trinajstić information content (AvgIpc) is 3.27. The third-order valence-electron chi connectivity index (χ3n) is 4.11. The molecule has 22 heavy (non-hydrogen) atoms. The number of hydrogen-bond acceptors (Lipinski definition) is 6. The Labute approximate surface area is 134 Å². The van der Waals surface area contributed by atoms with E-state index in [1.54, 1.807) is 11.3 Å². The Balaban J connectivity index is 1.53. The van der Waals surface area contributed by atoms with E-state index in [0.717, 1.165) is 16.5 Å². The van der Waals surface area contributed by atoms with Crippen LogP contribution in [0.3, 0.4) is 0 Å². The molecular weight excluding hydrogens is 294 g/mol. The minimum absolute atomic E-state index is 0.604. The minimum Gasteiger partial charge on any atom is -0.372 e. The highest BCUT2D eigenvalue weighted by molar-refractivity contribution is 7.13. The molecule has 1 fully saturated rings. The lowest BCUT2D eigenvalue weighted by Crippen LogP contribution is -2.30. The second kappa shape index (κ2) is 6.06. The van der Waals surface area contributed by atoms with E-state index in [0.29, 0.717) is 6.67 Å². The van der Waals surface area contributed by atoms with Gasteiger partial charge in [-0.1, -0.05) is 0 Å². The van der Waals surface area contributed by atoms with Crippen molar-refractivity contribution >= 4 is 22.9 Å². The Morgan fingerprint density at radius 1 is 1.05 bits per heavy atom. The molecule has 3 heterocycles. The van der Waals surface area contributed by atoms with Gasteiger partial charge >= 0.3 is 0 Å². The van der Waals surface area contributed by atoms with E-state index in [1.807, 2.05) is 5.38 Å².